The van der Waals surface area contributed by atoms with E-state index in [0.717, 1.165) is 17.8 Å². The third-order valence-electron chi connectivity index (χ3n) is 4.19. The van der Waals surface area contributed by atoms with Crippen molar-refractivity contribution >= 4 is 5.96 Å². The number of aliphatic imine (C=N–C) groups is 1. The molecule has 2 fully saturated rings. The Morgan fingerprint density at radius 1 is 0.941 bits per heavy atom. The zero-order valence-electron chi connectivity index (χ0n) is 11.5. The minimum Gasteiger partial charge on any atom is -0.354 e. The molecule has 0 bridgehead atoms. The first kappa shape index (κ1) is 12.7. The predicted molar refractivity (Wildman–Crippen MR) is 73.2 cm³/mol. The third-order valence-corrected chi connectivity index (χ3v) is 4.19. The number of nitrogens with zero attached hydrogens (tertiary/aromatic N) is 1. The summed E-state index contributed by atoms with van der Waals surface area (Å²) < 4.78 is 0. The summed E-state index contributed by atoms with van der Waals surface area (Å²) in [6.45, 7) is 4.74. The molecule has 0 aliphatic heterocycles. The average Bonchev–Trinajstić information content (AvgIpc) is 2.20. The van der Waals surface area contributed by atoms with Crippen LogP contribution in [-0.4, -0.2) is 25.1 Å². The lowest BCUT2D eigenvalue weighted by atomic mass is 9.80. The van der Waals surface area contributed by atoms with Gasteiger partial charge in [-0.3, -0.25) is 4.99 Å². The summed E-state index contributed by atoms with van der Waals surface area (Å²) in [5.74, 6) is 2.71. The molecule has 3 nitrogen and oxygen atoms in total. The fourth-order valence-electron chi connectivity index (χ4n) is 3.17. The average molecular weight is 237 g/mol. The molecule has 2 aliphatic rings. The van der Waals surface area contributed by atoms with Gasteiger partial charge in [-0.15, -0.1) is 0 Å². The van der Waals surface area contributed by atoms with Gasteiger partial charge in [-0.2, -0.15) is 0 Å². The molecule has 2 atom stereocenters. The van der Waals surface area contributed by atoms with Crippen LogP contribution < -0.4 is 10.6 Å². The molecular formula is C14H27N3. The Morgan fingerprint density at radius 2 is 1.53 bits per heavy atom. The molecule has 17 heavy (non-hydrogen) atoms. The molecule has 0 saturated heterocycles. The molecule has 3 heteroatoms. The monoisotopic (exact) mass is 237 g/mol. The van der Waals surface area contributed by atoms with Crippen LogP contribution in [0.25, 0.3) is 0 Å². The van der Waals surface area contributed by atoms with E-state index in [9.17, 15) is 0 Å². The van der Waals surface area contributed by atoms with E-state index in [1.807, 2.05) is 7.05 Å². The van der Waals surface area contributed by atoms with Gasteiger partial charge < -0.3 is 10.6 Å². The van der Waals surface area contributed by atoms with Gasteiger partial charge in [0.2, 0.25) is 0 Å². The molecule has 0 aromatic carbocycles. The molecule has 2 aliphatic carbocycles. The maximum atomic E-state index is 4.35. The number of guanidine groups is 1. The van der Waals surface area contributed by atoms with Gasteiger partial charge in [0, 0.05) is 19.1 Å². The standard InChI is InChI=1S/C14H27N3/c1-10-7-11(2)9-13(8-10)17-14(15-3)16-12-5-4-6-12/h10-13H,4-9H2,1-3H3,(H2,15,16,17). The van der Waals surface area contributed by atoms with E-state index in [1.54, 1.807) is 0 Å². The second kappa shape index (κ2) is 5.74. The van der Waals surface area contributed by atoms with Gasteiger partial charge in [0.05, 0.1) is 0 Å². The summed E-state index contributed by atoms with van der Waals surface area (Å²) in [5, 5.41) is 7.12. The van der Waals surface area contributed by atoms with E-state index < -0.39 is 0 Å². The molecule has 2 rings (SSSR count). The summed E-state index contributed by atoms with van der Waals surface area (Å²) >= 11 is 0. The lowest BCUT2D eigenvalue weighted by Crippen LogP contribution is -2.50. The second-order valence-electron chi connectivity index (χ2n) is 6.10. The molecule has 0 spiro atoms. The van der Waals surface area contributed by atoms with Gasteiger partial charge in [-0.25, -0.2) is 0 Å². The van der Waals surface area contributed by atoms with Crippen molar-refractivity contribution in [3.8, 4) is 0 Å². The highest BCUT2D eigenvalue weighted by molar-refractivity contribution is 5.80. The first-order valence-corrected chi connectivity index (χ1v) is 7.17. The number of rotatable bonds is 2. The van der Waals surface area contributed by atoms with Gasteiger partial charge in [0.15, 0.2) is 5.96 Å². The smallest absolute Gasteiger partial charge is 0.191 e. The first-order valence-electron chi connectivity index (χ1n) is 7.17. The number of hydrogen-bond donors (Lipinski definition) is 2. The van der Waals surface area contributed by atoms with Crippen LogP contribution in [0.5, 0.6) is 0 Å². The van der Waals surface area contributed by atoms with Gasteiger partial charge in [0.1, 0.15) is 0 Å². The van der Waals surface area contributed by atoms with Crippen molar-refractivity contribution in [1.29, 1.82) is 0 Å². The Labute approximate surface area is 105 Å². The van der Waals surface area contributed by atoms with Gasteiger partial charge in [-0.1, -0.05) is 13.8 Å². The molecular weight excluding hydrogens is 210 g/mol. The molecule has 0 radical (unpaired) electrons. The lowest BCUT2D eigenvalue weighted by Gasteiger charge is -2.35. The van der Waals surface area contributed by atoms with Crippen molar-refractivity contribution in [2.24, 2.45) is 16.8 Å². The maximum Gasteiger partial charge on any atom is 0.191 e. The van der Waals surface area contributed by atoms with Crippen LogP contribution in [0.15, 0.2) is 4.99 Å². The van der Waals surface area contributed by atoms with Crippen LogP contribution in [0.4, 0.5) is 0 Å². The molecule has 0 aromatic rings. The number of nitrogens with one attached hydrogen (secondary N) is 2. The van der Waals surface area contributed by atoms with Crippen molar-refractivity contribution in [2.75, 3.05) is 7.05 Å². The van der Waals surface area contributed by atoms with Gasteiger partial charge >= 0.3 is 0 Å². The van der Waals surface area contributed by atoms with Crippen LogP contribution >= 0.6 is 0 Å². The predicted octanol–water partition coefficient (Wildman–Crippen LogP) is 2.53. The molecule has 0 aromatic heterocycles. The summed E-state index contributed by atoms with van der Waals surface area (Å²) in [7, 11) is 1.88. The first-order chi connectivity index (χ1) is 8.17. The Bertz CT molecular complexity index is 261. The molecule has 2 N–H and O–H groups in total. The summed E-state index contributed by atoms with van der Waals surface area (Å²) in [6.07, 6.45) is 7.93. The Morgan fingerprint density at radius 3 is 2.00 bits per heavy atom. The molecule has 0 heterocycles. The normalized spacial score (nSPS) is 35.2. The Balaban J connectivity index is 1.80. The van der Waals surface area contributed by atoms with Crippen LogP contribution in [0.1, 0.15) is 52.4 Å². The molecule has 98 valence electrons. The molecule has 0 amide bonds. The quantitative estimate of drug-likeness (QED) is 0.572. The van der Waals surface area contributed by atoms with Gasteiger partial charge in [-0.05, 0) is 50.4 Å². The van der Waals surface area contributed by atoms with Crippen LogP contribution in [-0.2, 0) is 0 Å². The zero-order chi connectivity index (χ0) is 12.3. The van der Waals surface area contributed by atoms with E-state index in [2.05, 4.69) is 29.5 Å². The van der Waals surface area contributed by atoms with E-state index in [1.165, 1.54) is 38.5 Å². The largest absolute Gasteiger partial charge is 0.354 e. The fourth-order valence-corrected chi connectivity index (χ4v) is 3.17. The van der Waals surface area contributed by atoms with Crippen LogP contribution in [0, 0.1) is 11.8 Å². The van der Waals surface area contributed by atoms with E-state index >= 15 is 0 Å². The third kappa shape index (κ3) is 3.62. The van der Waals surface area contributed by atoms with E-state index in [-0.39, 0.29) is 0 Å². The van der Waals surface area contributed by atoms with Crippen LogP contribution in [0.3, 0.4) is 0 Å². The highest BCUT2D eigenvalue weighted by Crippen LogP contribution is 2.28. The van der Waals surface area contributed by atoms with Gasteiger partial charge in [0.25, 0.3) is 0 Å². The highest BCUT2D eigenvalue weighted by atomic mass is 15.2. The highest BCUT2D eigenvalue weighted by Gasteiger charge is 2.25. The Kier molecular flexibility index (Phi) is 4.30. The summed E-state index contributed by atoms with van der Waals surface area (Å²) in [6, 6.07) is 1.28. The van der Waals surface area contributed by atoms with Crippen molar-refractivity contribution in [3.05, 3.63) is 0 Å². The summed E-state index contributed by atoms with van der Waals surface area (Å²) in [5.41, 5.74) is 0. The SMILES string of the molecule is CN=C(NC1CCC1)NC1CC(C)CC(C)C1. The van der Waals surface area contributed by atoms with Crippen molar-refractivity contribution in [1.82, 2.24) is 10.6 Å². The minimum absolute atomic E-state index is 0.611. The zero-order valence-corrected chi connectivity index (χ0v) is 11.5. The van der Waals surface area contributed by atoms with Crippen molar-refractivity contribution < 1.29 is 0 Å². The second-order valence-corrected chi connectivity index (χ2v) is 6.10. The fraction of sp³-hybridized carbons (Fsp3) is 0.929. The molecule has 2 unspecified atom stereocenters. The maximum absolute atomic E-state index is 4.35. The minimum atomic E-state index is 0.611. The lowest BCUT2D eigenvalue weighted by molar-refractivity contribution is 0.253. The van der Waals surface area contributed by atoms with E-state index in [0.29, 0.717) is 12.1 Å². The Hall–Kier alpha value is -0.730. The topological polar surface area (TPSA) is 36.4 Å². The van der Waals surface area contributed by atoms with Crippen molar-refractivity contribution in [2.45, 2.75) is 64.5 Å². The number of hydrogen-bond acceptors (Lipinski definition) is 1. The van der Waals surface area contributed by atoms with Crippen molar-refractivity contribution in [3.63, 3.8) is 0 Å². The summed E-state index contributed by atoms with van der Waals surface area (Å²) in [4.78, 5) is 4.35. The van der Waals surface area contributed by atoms with Crippen LogP contribution in [0.2, 0.25) is 0 Å². The molecule has 2 saturated carbocycles. The van der Waals surface area contributed by atoms with E-state index in [4.69, 9.17) is 0 Å².